The van der Waals surface area contributed by atoms with Crippen molar-refractivity contribution in [3.05, 3.63) is 35.9 Å². The first-order valence-electron chi connectivity index (χ1n) is 4.59. The Morgan fingerprint density at radius 1 is 1.23 bits per heavy atom. The Labute approximate surface area is 87.2 Å². The molecule has 0 aliphatic heterocycles. The van der Waals surface area contributed by atoms with Crippen molar-refractivity contribution in [1.29, 1.82) is 0 Å². The van der Waals surface area contributed by atoms with Crippen LogP contribution in [0.4, 0.5) is 0 Å². The quantitative estimate of drug-likeness (QED) is 0.736. The summed E-state index contributed by atoms with van der Waals surface area (Å²) in [7, 11) is 0. The molecule has 70 valence electrons. The van der Waals surface area contributed by atoms with Gasteiger partial charge in [-0.3, -0.25) is 0 Å². The van der Waals surface area contributed by atoms with E-state index in [1.807, 2.05) is 18.2 Å². The predicted octanol–water partition coefficient (Wildman–Crippen LogP) is 3.13. The van der Waals surface area contributed by atoms with E-state index < -0.39 is 0 Å². The number of hydrogen-bond donors (Lipinski definition) is 0. The molecule has 2 heteroatoms. The lowest BCUT2D eigenvalue weighted by Crippen LogP contribution is -2.08. The number of halogens is 1. The van der Waals surface area contributed by atoms with Crippen LogP contribution in [0.3, 0.4) is 0 Å². The fourth-order valence-electron chi connectivity index (χ4n) is 1.21. The molecule has 1 nitrogen and oxygen atoms in total. The zero-order chi connectivity index (χ0) is 9.15. The number of benzene rings is 1. The van der Waals surface area contributed by atoms with Crippen molar-refractivity contribution in [2.45, 2.75) is 23.8 Å². The maximum Gasteiger partial charge on any atom is 0.0717 e. The van der Waals surface area contributed by atoms with Crippen LogP contribution in [0.15, 0.2) is 30.3 Å². The molecule has 0 radical (unpaired) electrons. The molecule has 0 saturated heterocycles. The van der Waals surface area contributed by atoms with Crippen molar-refractivity contribution < 1.29 is 4.74 Å². The Hall–Kier alpha value is -0.340. The van der Waals surface area contributed by atoms with Crippen molar-refractivity contribution in [3.63, 3.8) is 0 Å². The second-order valence-electron chi connectivity index (χ2n) is 3.63. The van der Waals surface area contributed by atoms with Gasteiger partial charge in [-0.2, -0.15) is 0 Å². The van der Waals surface area contributed by atoms with E-state index in [0.717, 1.165) is 13.2 Å². The lowest BCUT2D eigenvalue weighted by molar-refractivity contribution is 0.119. The Morgan fingerprint density at radius 3 is 2.54 bits per heavy atom. The first-order chi connectivity index (χ1) is 6.29. The highest BCUT2D eigenvalue weighted by Gasteiger charge is 2.39. The molecule has 0 spiro atoms. The van der Waals surface area contributed by atoms with Crippen LogP contribution in [0.5, 0.6) is 0 Å². The van der Waals surface area contributed by atoms with E-state index in [0.29, 0.717) is 4.32 Å². The van der Waals surface area contributed by atoms with Gasteiger partial charge in [-0.05, 0) is 18.4 Å². The van der Waals surface area contributed by atoms with E-state index in [1.54, 1.807) is 0 Å². The van der Waals surface area contributed by atoms with Crippen LogP contribution in [0, 0.1) is 0 Å². The average molecular weight is 241 g/mol. The van der Waals surface area contributed by atoms with Gasteiger partial charge >= 0.3 is 0 Å². The molecule has 2 rings (SSSR count). The summed E-state index contributed by atoms with van der Waals surface area (Å²) in [5, 5.41) is 0. The molecule has 0 heterocycles. The van der Waals surface area contributed by atoms with Gasteiger partial charge in [-0.15, -0.1) is 0 Å². The molecule has 1 fully saturated rings. The summed E-state index contributed by atoms with van der Waals surface area (Å²) in [5.41, 5.74) is 1.25. The van der Waals surface area contributed by atoms with Crippen molar-refractivity contribution in [3.8, 4) is 0 Å². The second kappa shape index (κ2) is 3.81. The van der Waals surface area contributed by atoms with Gasteiger partial charge < -0.3 is 4.74 Å². The van der Waals surface area contributed by atoms with Crippen LogP contribution < -0.4 is 0 Å². The van der Waals surface area contributed by atoms with E-state index in [4.69, 9.17) is 4.74 Å². The Bertz CT molecular complexity index is 267. The fraction of sp³-hybridized carbons (Fsp3) is 0.455. The number of ether oxygens (including phenoxy) is 1. The molecule has 1 aromatic carbocycles. The molecule has 1 aliphatic carbocycles. The van der Waals surface area contributed by atoms with Crippen molar-refractivity contribution in [2.24, 2.45) is 0 Å². The van der Waals surface area contributed by atoms with Crippen LogP contribution in [0.25, 0.3) is 0 Å². The lowest BCUT2D eigenvalue weighted by atomic mass is 10.2. The average Bonchev–Trinajstić information content (AvgIpc) is 2.86. The molecule has 0 bridgehead atoms. The maximum atomic E-state index is 5.60. The Balaban J connectivity index is 1.74. The van der Waals surface area contributed by atoms with Crippen molar-refractivity contribution >= 4 is 15.9 Å². The second-order valence-corrected chi connectivity index (χ2v) is 5.31. The molecule has 13 heavy (non-hydrogen) atoms. The zero-order valence-electron chi connectivity index (χ0n) is 7.50. The van der Waals surface area contributed by atoms with Crippen LogP contribution in [0.2, 0.25) is 0 Å². The van der Waals surface area contributed by atoms with Crippen LogP contribution in [0.1, 0.15) is 18.4 Å². The third kappa shape index (κ3) is 2.82. The van der Waals surface area contributed by atoms with E-state index in [1.165, 1.54) is 18.4 Å². The SMILES string of the molecule is BrC1(COCc2ccccc2)CC1. The van der Waals surface area contributed by atoms with Crippen LogP contribution in [-0.4, -0.2) is 10.9 Å². The zero-order valence-corrected chi connectivity index (χ0v) is 9.09. The smallest absolute Gasteiger partial charge is 0.0717 e. The lowest BCUT2D eigenvalue weighted by Gasteiger charge is -2.07. The Morgan fingerprint density at radius 2 is 1.92 bits per heavy atom. The van der Waals surface area contributed by atoms with Gasteiger partial charge in [-0.25, -0.2) is 0 Å². The van der Waals surface area contributed by atoms with E-state index in [-0.39, 0.29) is 0 Å². The number of rotatable bonds is 4. The molecule has 0 aromatic heterocycles. The summed E-state index contributed by atoms with van der Waals surface area (Å²) < 4.78 is 5.92. The molecule has 0 amide bonds. The maximum absolute atomic E-state index is 5.60. The summed E-state index contributed by atoms with van der Waals surface area (Å²) in [6, 6.07) is 10.3. The summed E-state index contributed by atoms with van der Waals surface area (Å²) in [6.07, 6.45) is 2.50. The third-order valence-electron chi connectivity index (χ3n) is 2.26. The highest BCUT2D eigenvalue weighted by Crippen LogP contribution is 2.44. The van der Waals surface area contributed by atoms with E-state index >= 15 is 0 Å². The monoisotopic (exact) mass is 240 g/mol. The molecule has 1 saturated carbocycles. The van der Waals surface area contributed by atoms with E-state index in [9.17, 15) is 0 Å². The fourth-order valence-corrected chi connectivity index (χ4v) is 1.57. The largest absolute Gasteiger partial charge is 0.375 e. The van der Waals surface area contributed by atoms with E-state index in [2.05, 4.69) is 28.1 Å². The topological polar surface area (TPSA) is 9.23 Å². The minimum absolute atomic E-state index is 0.321. The summed E-state index contributed by atoms with van der Waals surface area (Å²) in [6.45, 7) is 1.57. The highest BCUT2D eigenvalue weighted by atomic mass is 79.9. The van der Waals surface area contributed by atoms with Gasteiger partial charge in [0.2, 0.25) is 0 Å². The first-order valence-corrected chi connectivity index (χ1v) is 5.38. The number of hydrogen-bond acceptors (Lipinski definition) is 1. The van der Waals surface area contributed by atoms with Gasteiger partial charge in [0.25, 0.3) is 0 Å². The molecule has 0 atom stereocenters. The predicted molar refractivity (Wildman–Crippen MR) is 57.0 cm³/mol. The molecule has 1 aliphatic rings. The molecule has 0 unspecified atom stereocenters. The molecular weight excluding hydrogens is 228 g/mol. The van der Waals surface area contributed by atoms with Crippen LogP contribution >= 0.6 is 15.9 Å². The molecule has 0 N–H and O–H groups in total. The van der Waals surface area contributed by atoms with Gasteiger partial charge in [0.15, 0.2) is 0 Å². The summed E-state index contributed by atoms with van der Waals surface area (Å²) in [4.78, 5) is 0. The molecular formula is C11H13BrO. The summed E-state index contributed by atoms with van der Waals surface area (Å²) >= 11 is 3.64. The van der Waals surface area contributed by atoms with Crippen LogP contribution in [-0.2, 0) is 11.3 Å². The van der Waals surface area contributed by atoms with Gasteiger partial charge in [0.1, 0.15) is 0 Å². The normalized spacial score (nSPS) is 18.5. The molecule has 1 aromatic rings. The van der Waals surface area contributed by atoms with Gasteiger partial charge in [0, 0.05) is 4.32 Å². The van der Waals surface area contributed by atoms with Gasteiger partial charge in [0.05, 0.1) is 13.2 Å². The van der Waals surface area contributed by atoms with Gasteiger partial charge in [-0.1, -0.05) is 46.3 Å². The van der Waals surface area contributed by atoms with Crippen molar-refractivity contribution in [2.75, 3.05) is 6.61 Å². The minimum Gasteiger partial charge on any atom is -0.375 e. The minimum atomic E-state index is 0.321. The third-order valence-corrected chi connectivity index (χ3v) is 3.29. The Kier molecular flexibility index (Phi) is 2.70. The summed E-state index contributed by atoms with van der Waals surface area (Å²) in [5.74, 6) is 0. The number of alkyl halides is 1. The standard InChI is InChI=1S/C11H13BrO/c12-11(6-7-11)9-13-8-10-4-2-1-3-5-10/h1-5H,6-9H2. The highest BCUT2D eigenvalue weighted by molar-refractivity contribution is 9.10. The van der Waals surface area contributed by atoms with Crippen molar-refractivity contribution in [1.82, 2.24) is 0 Å². The first kappa shape index (κ1) is 9.22.